The van der Waals surface area contributed by atoms with E-state index < -0.39 is 12.6 Å². The Hall–Kier alpha value is 1.00. The molecule has 0 aromatic carbocycles. The molecule has 0 fully saturated rings. The van der Waals surface area contributed by atoms with Gasteiger partial charge in [-0.05, 0) is 32.1 Å². The molecular formula is C22H46F3O2P3. The van der Waals surface area contributed by atoms with Crippen molar-refractivity contribution in [2.75, 3.05) is 0 Å². The van der Waals surface area contributed by atoms with Crippen LogP contribution in [0.4, 0.5) is 13.2 Å². The minimum Gasteiger partial charge on any atom is -0.362 e. The maximum absolute atomic E-state index is 12.1. The molecule has 0 saturated carbocycles. The molecule has 182 valence electrons. The van der Waals surface area contributed by atoms with Gasteiger partial charge in [0.2, 0.25) is 0 Å². The summed E-state index contributed by atoms with van der Waals surface area (Å²) in [7, 11) is 5.51. The summed E-state index contributed by atoms with van der Waals surface area (Å²) in [6, 6.07) is 0. The minimum absolute atomic E-state index is 0.262. The Labute approximate surface area is 190 Å². The Bertz CT molecular complexity index is 361. The van der Waals surface area contributed by atoms with Gasteiger partial charge in [-0.2, -0.15) is 13.2 Å². The van der Waals surface area contributed by atoms with Gasteiger partial charge in [0.05, 0.1) is 12.2 Å². The van der Waals surface area contributed by atoms with Crippen LogP contribution in [-0.2, 0) is 9.05 Å². The molecule has 0 N–H and O–H groups in total. The maximum atomic E-state index is 12.1. The Kier molecular flexibility index (Phi) is 22.6. The summed E-state index contributed by atoms with van der Waals surface area (Å²) in [5.74, 6) is 0. The summed E-state index contributed by atoms with van der Waals surface area (Å²) >= 11 is 0. The van der Waals surface area contributed by atoms with Crippen molar-refractivity contribution in [2.24, 2.45) is 0 Å². The monoisotopic (exact) mass is 492 g/mol. The van der Waals surface area contributed by atoms with E-state index in [0.717, 1.165) is 38.5 Å². The fourth-order valence-electron chi connectivity index (χ4n) is 3.76. The second kappa shape index (κ2) is 21.8. The number of alkyl halides is 3. The lowest BCUT2D eigenvalue weighted by Gasteiger charge is -2.17. The largest absolute Gasteiger partial charge is 0.389 e. The van der Waals surface area contributed by atoms with Crippen LogP contribution in [0.2, 0.25) is 0 Å². The Morgan fingerprint density at radius 1 is 0.700 bits per heavy atom. The molecule has 0 bridgehead atoms. The first-order valence-corrected chi connectivity index (χ1v) is 15.1. The van der Waals surface area contributed by atoms with Crippen LogP contribution in [0.3, 0.4) is 0 Å². The lowest BCUT2D eigenvalue weighted by Crippen LogP contribution is -2.09. The first kappa shape index (κ1) is 31.0. The van der Waals surface area contributed by atoms with E-state index >= 15 is 0 Å². The molecule has 0 aliphatic carbocycles. The van der Waals surface area contributed by atoms with Crippen LogP contribution in [0.25, 0.3) is 0 Å². The van der Waals surface area contributed by atoms with Gasteiger partial charge < -0.3 is 9.05 Å². The zero-order valence-corrected chi connectivity index (χ0v) is 22.3. The summed E-state index contributed by atoms with van der Waals surface area (Å²) in [6.45, 7) is 2.24. The minimum atomic E-state index is -4.00. The van der Waals surface area contributed by atoms with Crippen LogP contribution in [0, 0.1) is 0 Å². The molecule has 0 radical (unpaired) electrons. The normalized spacial score (nSPS) is 14.6. The van der Waals surface area contributed by atoms with Crippen LogP contribution < -0.4 is 0 Å². The molecule has 5 unspecified atom stereocenters. The summed E-state index contributed by atoms with van der Waals surface area (Å²) < 4.78 is 47.8. The van der Waals surface area contributed by atoms with Crippen molar-refractivity contribution < 1.29 is 22.2 Å². The zero-order valence-electron chi connectivity index (χ0n) is 19.0. The van der Waals surface area contributed by atoms with Gasteiger partial charge in [0.1, 0.15) is 0 Å². The average molecular weight is 493 g/mol. The van der Waals surface area contributed by atoms with Crippen LogP contribution in [0.1, 0.15) is 122 Å². The molecule has 0 heterocycles. The summed E-state index contributed by atoms with van der Waals surface area (Å²) in [6.07, 6.45) is 14.4. The highest BCUT2D eigenvalue weighted by Gasteiger charge is 2.25. The van der Waals surface area contributed by atoms with Gasteiger partial charge in [0.25, 0.3) is 0 Å². The van der Waals surface area contributed by atoms with E-state index in [0.29, 0.717) is 27.1 Å². The molecule has 8 heteroatoms. The summed E-state index contributed by atoms with van der Waals surface area (Å²) in [4.78, 5) is 0. The fraction of sp³-hybridized carbons (Fsp3) is 1.00. The SMILES string of the molecule is CCCCCCC(CCCCCCC(CCCCCCCC(F)(F)F)OPP)OP. The number of unbranched alkanes of at least 4 members (excludes halogenated alkanes) is 10. The third-order valence-electron chi connectivity index (χ3n) is 5.60. The van der Waals surface area contributed by atoms with E-state index in [9.17, 15) is 13.2 Å². The molecule has 0 aliphatic heterocycles. The van der Waals surface area contributed by atoms with Gasteiger partial charge >= 0.3 is 6.18 Å². The van der Waals surface area contributed by atoms with Crippen LogP contribution in [-0.4, -0.2) is 18.4 Å². The number of hydrogen-bond acceptors (Lipinski definition) is 2. The van der Waals surface area contributed by atoms with Crippen molar-refractivity contribution >= 4 is 26.9 Å². The first-order valence-electron chi connectivity index (χ1n) is 12.0. The van der Waals surface area contributed by atoms with Crippen molar-refractivity contribution in [3.05, 3.63) is 0 Å². The van der Waals surface area contributed by atoms with Gasteiger partial charge in [0.15, 0.2) is 0 Å². The Morgan fingerprint density at radius 3 is 1.57 bits per heavy atom. The number of halogens is 3. The molecule has 30 heavy (non-hydrogen) atoms. The van der Waals surface area contributed by atoms with E-state index in [2.05, 4.69) is 25.3 Å². The van der Waals surface area contributed by atoms with Gasteiger partial charge in [0, 0.05) is 24.4 Å². The third-order valence-corrected chi connectivity index (χ3v) is 6.86. The average Bonchev–Trinajstić information content (AvgIpc) is 2.70. The maximum Gasteiger partial charge on any atom is 0.389 e. The van der Waals surface area contributed by atoms with Crippen LogP contribution in [0.15, 0.2) is 0 Å². The smallest absolute Gasteiger partial charge is 0.362 e. The highest BCUT2D eigenvalue weighted by molar-refractivity contribution is 8.00. The molecule has 0 rings (SSSR count). The van der Waals surface area contributed by atoms with Crippen molar-refractivity contribution in [1.82, 2.24) is 0 Å². The van der Waals surface area contributed by atoms with Crippen molar-refractivity contribution in [3.8, 4) is 0 Å². The topological polar surface area (TPSA) is 18.5 Å². The van der Waals surface area contributed by atoms with Gasteiger partial charge in [-0.25, -0.2) is 0 Å². The second-order valence-corrected chi connectivity index (χ2v) is 9.83. The van der Waals surface area contributed by atoms with Gasteiger partial charge in [-0.3, -0.25) is 0 Å². The number of hydrogen-bond donors (Lipinski definition) is 0. The Balaban J connectivity index is 3.68. The van der Waals surface area contributed by atoms with Crippen LogP contribution in [0.5, 0.6) is 0 Å². The second-order valence-electron chi connectivity index (χ2n) is 8.38. The molecule has 0 saturated heterocycles. The lowest BCUT2D eigenvalue weighted by molar-refractivity contribution is -0.135. The van der Waals surface area contributed by atoms with Crippen molar-refractivity contribution in [3.63, 3.8) is 0 Å². The molecular weight excluding hydrogens is 446 g/mol. The molecule has 0 aliphatic rings. The van der Waals surface area contributed by atoms with E-state index in [-0.39, 0.29) is 6.42 Å². The molecule has 0 amide bonds. The third kappa shape index (κ3) is 22.2. The van der Waals surface area contributed by atoms with Crippen molar-refractivity contribution in [1.29, 1.82) is 0 Å². The molecule has 0 aromatic rings. The Morgan fingerprint density at radius 2 is 1.13 bits per heavy atom. The number of rotatable bonds is 22. The highest BCUT2D eigenvalue weighted by atomic mass is 32.0. The van der Waals surface area contributed by atoms with Crippen molar-refractivity contribution in [2.45, 2.75) is 141 Å². The summed E-state index contributed by atoms with van der Waals surface area (Å²) in [5, 5.41) is 0. The van der Waals surface area contributed by atoms with Gasteiger partial charge in [-0.1, -0.05) is 92.9 Å². The predicted octanol–water partition coefficient (Wildman–Crippen LogP) is 9.53. The standard InChI is InChI=1S/C22H46F3O2P3/c1-2-3-4-10-15-20(26-28)16-11-7-8-13-18-21(27-30-29)17-12-6-5-9-14-19-22(23,24)25/h20-21,30H,2-19,28-29H2,1H3. The quantitative estimate of drug-likeness (QED) is 0.111. The fourth-order valence-corrected chi connectivity index (χ4v) is 5.04. The molecule has 0 aromatic heterocycles. The van der Waals surface area contributed by atoms with E-state index in [4.69, 9.17) is 9.05 Å². The highest BCUT2D eigenvalue weighted by Crippen LogP contribution is 2.29. The predicted molar refractivity (Wildman–Crippen MR) is 132 cm³/mol. The van der Waals surface area contributed by atoms with E-state index in [1.54, 1.807) is 0 Å². The van der Waals surface area contributed by atoms with Crippen LogP contribution >= 0.6 is 26.9 Å². The summed E-state index contributed by atoms with van der Waals surface area (Å²) in [5.41, 5.74) is 0. The lowest BCUT2D eigenvalue weighted by atomic mass is 10.0. The van der Waals surface area contributed by atoms with E-state index in [1.165, 1.54) is 57.8 Å². The van der Waals surface area contributed by atoms with E-state index in [1.807, 2.05) is 0 Å². The molecule has 2 nitrogen and oxygen atoms in total. The van der Waals surface area contributed by atoms with Gasteiger partial charge in [-0.15, -0.1) is 0 Å². The molecule has 0 spiro atoms. The zero-order chi connectivity index (χ0) is 22.5. The first-order chi connectivity index (χ1) is 14.4. The molecule has 5 atom stereocenters.